The van der Waals surface area contributed by atoms with Gasteiger partial charge in [0.1, 0.15) is 18.0 Å². The zero-order valence-corrected chi connectivity index (χ0v) is 13.9. The minimum absolute atomic E-state index is 0.481. The Labute approximate surface area is 124 Å². The van der Waals surface area contributed by atoms with Crippen LogP contribution < -0.4 is 10.2 Å². The van der Waals surface area contributed by atoms with Gasteiger partial charge in [0, 0.05) is 25.2 Å². The lowest BCUT2D eigenvalue weighted by Crippen LogP contribution is -2.32. The summed E-state index contributed by atoms with van der Waals surface area (Å²) in [6.07, 6.45) is 4.88. The van der Waals surface area contributed by atoms with Crippen molar-refractivity contribution in [2.24, 2.45) is 5.92 Å². The summed E-state index contributed by atoms with van der Waals surface area (Å²) in [5.74, 6) is 2.74. The van der Waals surface area contributed by atoms with Crippen molar-refractivity contribution in [3.63, 3.8) is 0 Å². The molecule has 1 atom stereocenters. The van der Waals surface area contributed by atoms with Crippen molar-refractivity contribution in [1.82, 2.24) is 9.97 Å². The van der Waals surface area contributed by atoms with Crippen molar-refractivity contribution >= 4 is 11.6 Å². The number of anilines is 2. The molecule has 1 N–H and O–H groups in total. The van der Waals surface area contributed by atoms with Crippen LogP contribution in [0.15, 0.2) is 6.33 Å². The molecule has 0 saturated heterocycles. The fourth-order valence-corrected chi connectivity index (χ4v) is 2.48. The average Bonchev–Trinajstić information content (AvgIpc) is 2.42. The highest BCUT2D eigenvalue weighted by atomic mass is 15.2. The van der Waals surface area contributed by atoms with E-state index in [4.69, 9.17) is 0 Å². The van der Waals surface area contributed by atoms with E-state index in [9.17, 15) is 0 Å². The van der Waals surface area contributed by atoms with Gasteiger partial charge in [-0.3, -0.25) is 0 Å². The normalized spacial score (nSPS) is 12.6. The Balaban J connectivity index is 2.98. The summed E-state index contributed by atoms with van der Waals surface area (Å²) in [4.78, 5) is 11.2. The lowest BCUT2D eigenvalue weighted by atomic mass is 10.0. The molecule has 0 radical (unpaired) electrons. The van der Waals surface area contributed by atoms with Crippen molar-refractivity contribution in [2.45, 2.75) is 59.9 Å². The van der Waals surface area contributed by atoms with Gasteiger partial charge in [-0.2, -0.15) is 0 Å². The molecule has 20 heavy (non-hydrogen) atoms. The van der Waals surface area contributed by atoms with Crippen LogP contribution in [-0.2, 0) is 6.42 Å². The highest BCUT2D eigenvalue weighted by Gasteiger charge is 2.18. The molecule has 0 amide bonds. The van der Waals surface area contributed by atoms with E-state index in [2.05, 4.69) is 61.9 Å². The van der Waals surface area contributed by atoms with Crippen LogP contribution in [0.2, 0.25) is 0 Å². The summed E-state index contributed by atoms with van der Waals surface area (Å²) in [7, 11) is 2.14. The SMILES string of the molecule is CCCNc1ncnc(N(C)C(C)CC(C)C)c1CC. The molecule has 0 fully saturated rings. The molecule has 0 aliphatic carbocycles. The van der Waals surface area contributed by atoms with Crippen LogP contribution in [0.4, 0.5) is 11.6 Å². The van der Waals surface area contributed by atoms with Crippen molar-refractivity contribution < 1.29 is 0 Å². The van der Waals surface area contributed by atoms with Crippen LogP contribution in [-0.4, -0.2) is 29.6 Å². The van der Waals surface area contributed by atoms with Crippen LogP contribution in [0.25, 0.3) is 0 Å². The molecule has 1 aromatic heterocycles. The average molecular weight is 278 g/mol. The fraction of sp³-hybridized carbons (Fsp3) is 0.750. The molecular weight excluding hydrogens is 248 g/mol. The molecule has 0 aromatic carbocycles. The molecule has 0 aliphatic rings. The van der Waals surface area contributed by atoms with E-state index >= 15 is 0 Å². The topological polar surface area (TPSA) is 41.1 Å². The van der Waals surface area contributed by atoms with Crippen LogP contribution >= 0.6 is 0 Å². The third kappa shape index (κ3) is 4.36. The van der Waals surface area contributed by atoms with Gasteiger partial charge in [-0.1, -0.05) is 27.7 Å². The maximum atomic E-state index is 4.52. The number of hydrogen-bond donors (Lipinski definition) is 1. The highest BCUT2D eigenvalue weighted by molar-refractivity contribution is 5.58. The first-order valence-electron chi connectivity index (χ1n) is 7.81. The molecule has 1 aromatic rings. The maximum absolute atomic E-state index is 4.52. The molecule has 0 saturated carbocycles. The predicted octanol–water partition coefficient (Wildman–Crippen LogP) is 3.73. The van der Waals surface area contributed by atoms with E-state index in [1.807, 2.05) is 0 Å². The van der Waals surface area contributed by atoms with E-state index in [1.165, 1.54) is 12.0 Å². The van der Waals surface area contributed by atoms with Crippen LogP contribution in [0.3, 0.4) is 0 Å². The Kier molecular flexibility index (Phi) is 6.76. The predicted molar refractivity (Wildman–Crippen MR) is 87.5 cm³/mol. The third-order valence-corrected chi connectivity index (χ3v) is 3.63. The summed E-state index contributed by atoms with van der Waals surface area (Å²) in [5.41, 5.74) is 1.22. The Morgan fingerprint density at radius 3 is 2.45 bits per heavy atom. The summed E-state index contributed by atoms with van der Waals surface area (Å²) in [5, 5.41) is 3.41. The zero-order valence-electron chi connectivity index (χ0n) is 13.9. The molecular formula is C16H30N4. The second-order valence-electron chi connectivity index (χ2n) is 5.89. The first kappa shape index (κ1) is 16.7. The monoisotopic (exact) mass is 278 g/mol. The van der Waals surface area contributed by atoms with Crippen molar-refractivity contribution in [1.29, 1.82) is 0 Å². The van der Waals surface area contributed by atoms with Crippen LogP contribution in [0, 0.1) is 5.92 Å². The van der Waals surface area contributed by atoms with Gasteiger partial charge in [-0.15, -0.1) is 0 Å². The van der Waals surface area contributed by atoms with Crippen molar-refractivity contribution in [2.75, 3.05) is 23.8 Å². The molecule has 0 aliphatic heterocycles. The largest absolute Gasteiger partial charge is 0.370 e. The summed E-state index contributed by atoms with van der Waals surface area (Å²) in [6, 6.07) is 0.481. The highest BCUT2D eigenvalue weighted by Crippen LogP contribution is 2.26. The van der Waals surface area contributed by atoms with Gasteiger partial charge in [0.2, 0.25) is 0 Å². The second kappa shape index (κ2) is 8.08. The van der Waals surface area contributed by atoms with Gasteiger partial charge >= 0.3 is 0 Å². The fourth-order valence-electron chi connectivity index (χ4n) is 2.48. The molecule has 0 spiro atoms. The Bertz CT molecular complexity index is 403. The van der Waals surface area contributed by atoms with Gasteiger partial charge in [0.15, 0.2) is 0 Å². The quantitative estimate of drug-likeness (QED) is 0.786. The van der Waals surface area contributed by atoms with Gasteiger partial charge in [0.25, 0.3) is 0 Å². The first-order valence-corrected chi connectivity index (χ1v) is 7.81. The summed E-state index contributed by atoms with van der Waals surface area (Å²) in [6.45, 7) is 12.1. The molecule has 0 bridgehead atoms. The van der Waals surface area contributed by atoms with Gasteiger partial charge in [-0.25, -0.2) is 9.97 Å². The number of nitrogens with one attached hydrogen (secondary N) is 1. The van der Waals surface area contributed by atoms with Crippen molar-refractivity contribution in [3.05, 3.63) is 11.9 Å². The minimum Gasteiger partial charge on any atom is -0.370 e. The number of hydrogen-bond acceptors (Lipinski definition) is 4. The second-order valence-corrected chi connectivity index (χ2v) is 5.89. The smallest absolute Gasteiger partial charge is 0.137 e. The summed E-state index contributed by atoms with van der Waals surface area (Å²) < 4.78 is 0. The van der Waals surface area contributed by atoms with E-state index in [-0.39, 0.29) is 0 Å². The van der Waals surface area contributed by atoms with Crippen molar-refractivity contribution in [3.8, 4) is 0 Å². The van der Waals surface area contributed by atoms with Crippen LogP contribution in [0.5, 0.6) is 0 Å². The zero-order chi connectivity index (χ0) is 15.1. The maximum Gasteiger partial charge on any atom is 0.137 e. The Morgan fingerprint density at radius 1 is 1.20 bits per heavy atom. The lowest BCUT2D eigenvalue weighted by molar-refractivity contribution is 0.501. The minimum atomic E-state index is 0.481. The molecule has 1 heterocycles. The molecule has 1 unspecified atom stereocenters. The van der Waals surface area contributed by atoms with E-state index in [0.29, 0.717) is 12.0 Å². The summed E-state index contributed by atoms with van der Waals surface area (Å²) >= 11 is 0. The lowest BCUT2D eigenvalue weighted by Gasteiger charge is -2.29. The third-order valence-electron chi connectivity index (χ3n) is 3.63. The first-order chi connectivity index (χ1) is 9.51. The van der Waals surface area contributed by atoms with Gasteiger partial charge < -0.3 is 10.2 Å². The van der Waals surface area contributed by atoms with E-state index < -0.39 is 0 Å². The van der Waals surface area contributed by atoms with Gasteiger partial charge in [-0.05, 0) is 32.1 Å². The molecule has 4 nitrogen and oxygen atoms in total. The number of rotatable bonds is 8. The number of nitrogens with zero attached hydrogens (tertiary/aromatic N) is 3. The molecule has 4 heteroatoms. The van der Waals surface area contributed by atoms with E-state index in [1.54, 1.807) is 6.33 Å². The van der Waals surface area contributed by atoms with Crippen LogP contribution in [0.1, 0.15) is 53.0 Å². The Morgan fingerprint density at radius 2 is 1.90 bits per heavy atom. The Hall–Kier alpha value is -1.32. The van der Waals surface area contributed by atoms with Gasteiger partial charge in [0.05, 0.1) is 0 Å². The standard InChI is InChI=1S/C16H30N4/c1-7-9-17-15-14(8-2)16(19-11-18-15)20(6)13(5)10-12(3)4/h11-13H,7-10H2,1-6H3,(H,17,18,19). The van der Waals surface area contributed by atoms with E-state index in [0.717, 1.165) is 31.0 Å². The molecule has 1 rings (SSSR count). The molecule has 114 valence electrons. The number of aromatic nitrogens is 2.